The van der Waals surface area contributed by atoms with E-state index in [1.54, 1.807) is 13.2 Å². The number of likely N-dealkylation sites (tertiary alicyclic amines) is 1. The van der Waals surface area contributed by atoms with Crippen LogP contribution in [0, 0.1) is 12.8 Å². The van der Waals surface area contributed by atoms with Crippen LogP contribution in [0.5, 0.6) is 0 Å². The van der Waals surface area contributed by atoms with Crippen molar-refractivity contribution in [2.75, 3.05) is 26.7 Å². The number of nitrogens with one attached hydrogen (secondary N) is 2. The molecule has 0 saturated carbocycles. The van der Waals surface area contributed by atoms with E-state index < -0.39 is 0 Å². The van der Waals surface area contributed by atoms with E-state index in [4.69, 9.17) is 4.42 Å². The molecule has 2 aromatic carbocycles. The molecule has 2 heterocycles. The second-order valence-electron chi connectivity index (χ2n) is 8.44. The zero-order valence-electron chi connectivity index (χ0n) is 19.7. The molecule has 0 aliphatic carbocycles. The van der Waals surface area contributed by atoms with Crippen molar-refractivity contribution >= 4 is 35.8 Å². The summed E-state index contributed by atoms with van der Waals surface area (Å²) in [5, 5.41) is 6.57. The Labute approximate surface area is 218 Å². The van der Waals surface area contributed by atoms with Crippen molar-refractivity contribution in [2.45, 2.75) is 26.3 Å². The molecule has 0 bridgehead atoms. The van der Waals surface area contributed by atoms with Gasteiger partial charge in [0.25, 0.3) is 0 Å². The zero-order valence-corrected chi connectivity index (χ0v) is 22.0. The lowest BCUT2D eigenvalue weighted by molar-refractivity contribution is -0.127. The van der Waals surface area contributed by atoms with Crippen LogP contribution in [0.4, 0.5) is 0 Å². The average Bonchev–Trinajstić information content (AvgIpc) is 3.45. The maximum atomic E-state index is 12.4. The molecule has 1 aliphatic heterocycles. The Morgan fingerprint density at radius 1 is 1.15 bits per heavy atom. The van der Waals surface area contributed by atoms with Crippen LogP contribution in [-0.2, 0) is 17.8 Å². The fourth-order valence-corrected chi connectivity index (χ4v) is 3.98. The van der Waals surface area contributed by atoms with Gasteiger partial charge in [-0.05, 0) is 18.9 Å². The molecule has 2 N–H and O–H groups in total. The molecular formula is C26H32IN5O2. The number of nitrogens with zero attached hydrogens (tertiary/aromatic N) is 3. The molecule has 1 aromatic heterocycles. The molecule has 0 spiro atoms. The van der Waals surface area contributed by atoms with E-state index in [0.29, 0.717) is 31.4 Å². The van der Waals surface area contributed by atoms with Crippen LogP contribution in [0.1, 0.15) is 23.4 Å². The number of carbonyl (C=O) groups excluding carboxylic acids is 1. The molecule has 4 rings (SSSR count). The SMILES string of the molecule is CN=C(NCc1ncc(-c2ccc(C)cc2)o1)NCC1CC(=O)N(CCc2ccccc2)C1.I. The highest BCUT2D eigenvalue weighted by Crippen LogP contribution is 2.21. The van der Waals surface area contributed by atoms with Crippen LogP contribution in [0.3, 0.4) is 0 Å². The van der Waals surface area contributed by atoms with Gasteiger partial charge in [-0.15, -0.1) is 24.0 Å². The maximum Gasteiger partial charge on any atom is 0.223 e. The number of guanidine groups is 1. The molecule has 1 amide bonds. The largest absolute Gasteiger partial charge is 0.439 e. The Kier molecular flexibility index (Phi) is 9.50. The summed E-state index contributed by atoms with van der Waals surface area (Å²) in [7, 11) is 1.73. The summed E-state index contributed by atoms with van der Waals surface area (Å²) in [6, 6.07) is 18.5. The number of hydrogen-bond acceptors (Lipinski definition) is 4. The predicted molar refractivity (Wildman–Crippen MR) is 145 cm³/mol. The third kappa shape index (κ3) is 7.06. The van der Waals surface area contributed by atoms with Gasteiger partial charge in [0, 0.05) is 44.6 Å². The molecule has 1 aliphatic rings. The van der Waals surface area contributed by atoms with Gasteiger partial charge < -0.3 is 20.0 Å². The Morgan fingerprint density at radius 2 is 1.91 bits per heavy atom. The highest BCUT2D eigenvalue weighted by molar-refractivity contribution is 14.0. The van der Waals surface area contributed by atoms with Gasteiger partial charge in [0.05, 0.1) is 12.7 Å². The molecule has 1 atom stereocenters. The first kappa shape index (κ1) is 25.7. The summed E-state index contributed by atoms with van der Waals surface area (Å²) in [6.07, 6.45) is 3.20. The number of aromatic nitrogens is 1. The third-order valence-corrected chi connectivity index (χ3v) is 5.89. The smallest absolute Gasteiger partial charge is 0.223 e. The standard InChI is InChI=1S/C26H31N5O2.HI/c1-19-8-10-22(11-9-19)23-16-28-24(33-23)17-30-26(27-2)29-15-21-14-25(32)31(18-21)13-12-20-6-4-3-5-7-20;/h3-11,16,21H,12-15,17-18H2,1-2H3,(H2,27,29,30);1H. The van der Waals surface area contributed by atoms with Gasteiger partial charge in [0.15, 0.2) is 11.7 Å². The van der Waals surface area contributed by atoms with Crippen molar-refractivity contribution in [3.63, 3.8) is 0 Å². The van der Waals surface area contributed by atoms with Crippen molar-refractivity contribution in [3.05, 3.63) is 77.8 Å². The number of oxazole rings is 1. The lowest BCUT2D eigenvalue weighted by Gasteiger charge is -2.17. The van der Waals surface area contributed by atoms with Crippen LogP contribution in [-0.4, -0.2) is 48.4 Å². The van der Waals surface area contributed by atoms with Crippen LogP contribution in [0.2, 0.25) is 0 Å². The Hall–Kier alpha value is -2.88. The Balaban J connectivity index is 0.00000324. The van der Waals surface area contributed by atoms with Crippen LogP contribution >= 0.6 is 24.0 Å². The molecule has 1 saturated heterocycles. The molecule has 1 fully saturated rings. The molecular weight excluding hydrogens is 541 g/mol. The third-order valence-electron chi connectivity index (χ3n) is 5.89. The zero-order chi connectivity index (χ0) is 23.0. The summed E-state index contributed by atoms with van der Waals surface area (Å²) in [6.45, 7) is 4.71. The van der Waals surface area contributed by atoms with Gasteiger partial charge in [-0.2, -0.15) is 0 Å². The number of hydrogen-bond donors (Lipinski definition) is 2. The lowest BCUT2D eigenvalue weighted by atomic mass is 10.1. The molecule has 34 heavy (non-hydrogen) atoms. The number of carbonyl (C=O) groups is 1. The maximum absolute atomic E-state index is 12.4. The van der Waals surface area contributed by atoms with E-state index in [-0.39, 0.29) is 35.8 Å². The van der Waals surface area contributed by atoms with Crippen molar-refractivity contribution in [1.82, 2.24) is 20.5 Å². The first-order valence-electron chi connectivity index (χ1n) is 11.4. The topological polar surface area (TPSA) is 82.8 Å². The van der Waals surface area contributed by atoms with Crippen molar-refractivity contribution < 1.29 is 9.21 Å². The van der Waals surface area contributed by atoms with Crippen molar-refractivity contribution in [3.8, 4) is 11.3 Å². The van der Waals surface area contributed by atoms with E-state index in [1.807, 2.05) is 35.2 Å². The molecule has 0 radical (unpaired) electrons. The molecule has 7 nitrogen and oxygen atoms in total. The van der Waals surface area contributed by atoms with Gasteiger partial charge in [-0.3, -0.25) is 9.79 Å². The Morgan fingerprint density at radius 3 is 2.65 bits per heavy atom. The fraction of sp³-hybridized carbons (Fsp3) is 0.346. The van der Waals surface area contributed by atoms with Crippen molar-refractivity contribution in [2.24, 2.45) is 10.9 Å². The van der Waals surface area contributed by atoms with E-state index >= 15 is 0 Å². The second-order valence-corrected chi connectivity index (χ2v) is 8.44. The summed E-state index contributed by atoms with van der Waals surface area (Å²) >= 11 is 0. The molecule has 1 unspecified atom stereocenters. The second kappa shape index (κ2) is 12.5. The molecule has 3 aromatic rings. The van der Waals surface area contributed by atoms with Crippen molar-refractivity contribution in [1.29, 1.82) is 0 Å². The average molecular weight is 573 g/mol. The number of aryl methyl sites for hydroxylation is 1. The number of aliphatic imine (C=N–C) groups is 1. The number of amides is 1. The van der Waals surface area contributed by atoms with Crippen LogP contribution < -0.4 is 10.6 Å². The first-order chi connectivity index (χ1) is 16.1. The molecule has 180 valence electrons. The minimum absolute atomic E-state index is 0. The normalized spacial score (nSPS) is 15.8. The summed E-state index contributed by atoms with van der Waals surface area (Å²) in [4.78, 5) is 23.0. The minimum Gasteiger partial charge on any atom is -0.439 e. The highest BCUT2D eigenvalue weighted by Gasteiger charge is 2.29. The highest BCUT2D eigenvalue weighted by atomic mass is 127. The summed E-state index contributed by atoms with van der Waals surface area (Å²) in [5.74, 6) is 2.50. The number of rotatable bonds is 8. The summed E-state index contributed by atoms with van der Waals surface area (Å²) < 4.78 is 5.87. The minimum atomic E-state index is 0. The fourth-order valence-electron chi connectivity index (χ4n) is 3.98. The van der Waals surface area contributed by atoms with Gasteiger partial charge in [-0.25, -0.2) is 4.98 Å². The van der Waals surface area contributed by atoms with Crippen LogP contribution in [0.25, 0.3) is 11.3 Å². The molecule has 8 heteroatoms. The summed E-state index contributed by atoms with van der Waals surface area (Å²) in [5.41, 5.74) is 3.47. The van der Waals surface area contributed by atoms with Gasteiger partial charge in [0.1, 0.15) is 0 Å². The monoisotopic (exact) mass is 573 g/mol. The first-order valence-corrected chi connectivity index (χ1v) is 11.4. The quantitative estimate of drug-likeness (QED) is 0.242. The number of benzene rings is 2. The van der Waals surface area contributed by atoms with E-state index in [2.05, 4.69) is 51.8 Å². The Bertz CT molecular complexity index is 1080. The van der Waals surface area contributed by atoms with Gasteiger partial charge in [0.2, 0.25) is 11.8 Å². The van der Waals surface area contributed by atoms with E-state index in [9.17, 15) is 4.79 Å². The number of halogens is 1. The van der Waals surface area contributed by atoms with Gasteiger partial charge >= 0.3 is 0 Å². The lowest BCUT2D eigenvalue weighted by Crippen LogP contribution is -2.40. The van der Waals surface area contributed by atoms with Crippen LogP contribution in [0.15, 0.2) is 70.2 Å². The van der Waals surface area contributed by atoms with E-state index in [0.717, 1.165) is 30.8 Å². The van der Waals surface area contributed by atoms with E-state index in [1.165, 1.54) is 11.1 Å². The predicted octanol–water partition coefficient (Wildman–Crippen LogP) is 4.02. The van der Waals surface area contributed by atoms with Gasteiger partial charge in [-0.1, -0.05) is 60.2 Å².